The molecular weight excluding hydrogens is 259 g/mol. The van der Waals surface area contributed by atoms with Crippen molar-refractivity contribution in [1.29, 1.82) is 0 Å². The van der Waals surface area contributed by atoms with Crippen molar-refractivity contribution < 1.29 is 22.4 Å². The van der Waals surface area contributed by atoms with Crippen molar-refractivity contribution in [2.24, 2.45) is 0 Å². The fourth-order valence-corrected chi connectivity index (χ4v) is 2.19. The van der Waals surface area contributed by atoms with Crippen molar-refractivity contribution in [2.75, 3.05) is 6.26 Å². The Balaban J connectivity index is 2.97. The molecule has 0 saturated carbocycles. The molecule has 0 saturated heterocycles. The van der Waals surface area contributed by atoms with Crippen molar-refractivity contribution in [3.05, 3.63) is 24.3 Å². The topological polar surface area (TPSA) is 80.7 Å². The zero-order chi connectivity index (χ0) is 11.7. The molecular formula is C7H9O5PS2. The van der Waals surface area contributed by atoms with Gasteiger partial charge in [0.1, 0.15) is 5.75 Å². The fraction of sp³-hybridized carbons (Fsp3) is 0.143. The summed E-state index contributed by atoms with van der Waals surface area (Å²) in [7, 11) is -3.27. The summed E-state index contributed by atoms with van der Waals surface area (Å²) in [6, 6.07) is 5.15. The third-order valence-corrected chi connectivity index (χ3v) is 3.30. The minimum atomic E-state index is -3.90. The second-order valence-electron chi connectivity index (χ2n) is 2.83. The Morgan fingerprint density at radius 2 is 1.80 bits per heavy atom. The Kier molecular flexibility index (Phi) is 3.50. The molecule has 84 valence electrons. The number of sulfone groups is 1. The molecule has 15 heavy (non-hydrogen) atoms. The van der Waals surface area contributed by atoms with Crippen LogP contribution in [0.4, 0.5) is 0 Å². The lowest BCUT2D eigenvalue weighted by Crippen LogP contribution is -1.96. The van der Waals surface area contributed by atoms with E-state index in [1.807, 2.05) is 0 Å². The molecule has 1 rings (SSSR count). The van der Waals surface area contributed by atoms with Crippen LogP contribution >= 0.6 is 19.0 Å². The summed E-state index contributed by atoms with van der Waals surface area (Å²) in [6.07, 6.45) is 1.07. The molecule has 0 fully saturated rings. The fourth-order valence-electron chi connectivity index (χ4n) is 0.885. The van der Waals surface area contributed by atoms with Gasteiger partial charge in [0.2, 0.25) is 0 Å². The van der Waals surface area contributed by atoms with Crippen LogP contribution in [-0.2, 0) is 14.4 Å². The van der Waals surface area contributed by atoms with Crippen LogP contribution in [0.2, 0.25) is 0 Å². The molecule has 1 atom stereocenters. The Hall–Kier alpha value is -0.490. The number of benzene rings is 1. The predicted octanol–water partition coefficient (Wildman–Crippen LogP) is 1.50. The predicted molar refractivity (Wildman–Crippen MR) is 59.0 cm³/mol. The van der Waals surface area contributed by atoms with Gasteiger partial charge in [0.15, 0.2) is 9.84 Å². The number of hydrogen-bond acceptors (Lipinski definition) is 4. The van der Waals surface area contributed by atoms with Gasteiger partial charge in [-0.15, -0.1) is 0 Å². The first-order chi connectivity index (χ1) is 6.68. The first-order valence-corrected chi connectivity index (χ1v) is 8.36. The number of thiol groups is 1. The van der Waals surface area contributed by atoms with Gasteiger partial charge in [-0.2, -0.15) is 0 Å². The third kappa shape index (κ3) is 4.25. The van der Waals surface area contributed by atoms with Crippen LogP contribution in [0.1, 0.15) is 0 Å². The molecule has 0 amide bonds. The minimum absolute atomic E-state index is 0.0863. The van der Waals surface area contributed by atoms with E-state index >= 15 is 0 Å². The molecule has 0 spiro atoms. The Labute approximate surface area is 92.7 Å². The SMILES string of the molecule is CS(=O)(=O)c1ccc(OP(=O)(O)S)cc1. The summed E-state index contributed by atoms with van der Waals surface area (Å²) < 4.78 is 37.4. The van der Waals surface area contributed by atoms with Crippen LogP contribution < -0.4 is 4.52 Å². The van der Waals surface area contributed by atoms with E-state index in [0.717, 1.165) is 6.26 Å². The summed E-state index contributed by atoms with van der Waals surface area (Å²) in [5, 5.41) is 0. The van der Waals surface area contributed by atoms with Gasteiger partial charge < -0.3 is 9.42 Å². The summed E-state index contributed by atoms with van der Waals surface area (Å²) in [6.45, 7) is -3.90. The lowest BCUT2D eigenvalue weighted by molar-refractivity contribution is 0.403. The van der Waals surface area contributed by atoms with Crippen molar-refractivity contribution >= 4 is 28.9 Å². The maximum absolute atomic E-state index is 11.1. The highest BCUT2D eigenvalue weighted by Gasteiger charge is 2.14. The van der Waals surface area contributed by atoms with E-state index in [-0.39, 0.29) is 10.6 Å². The molecule has 1 N–H and O–H groups in total. The van der Waals surface area contributed by atoms with Crippen LogP contribution in [0, 0.1) is 0 Å². The summed E-state index contributed by atoms with van der Waals surface area (Å²) in [4.78, 5) is 8.89. The standard InChI is InChI=1S/C7H9O5PS2/c1-15(10,11)7-4-2-6(3-5-7)12-13(8,9)14/h2-5H,1H3,(H2,8,9,14). The van der Waals surface area contributed by atoms with Gasteiger partial charge in [0.05, 0.1) is 4.90 Å². The maximum Gasteiger partial charge on any atom is 0.434 e. The molecule has 1 aromatic carbocycles. The molecule has 0 heterocycles. The maximum atomic E-state index is 11.1. The number of rotatable bonds is 3. The van der Waals surface area contributed by atoms with Crippen LogP contribution in [-0.4, -0.2) is 19.6 Å². The van der Waals surface area contributed by atoms with Gasteiger partial charge in [-0.25, -0.2) is 13.0 Å². The van der Waals surface area contributed by atoms with E-state index in [0.29, 0.717) is 0 Å². The first-order valence-electron chi connectivity index (χ1n) is 3.74. The highest BCUT2D eigenvalue weighted by Crippen LogP contribution is 2.46. The van der Waals surface area contributed by atoms with Gasteiger partial charge >= 0.3 is 6.80 Å². The van der Waals surface area contributed by atoms with Crippen LogP contribution in [0.15, 0.2) is 29.2 Å². The summed E-state index contributed by atoms with van der Waals surface area (Å²) in [5.41, 5.74) is 0. The van der Waals surface area contributed by atoms with Crippen LogP contribution in [0.25, 0.3) is 0 Å². The molecule has 0 bridgehead atoms. The molecule has 1 unspecified atom stereocenters. The van der Waals surface area contributed by atoms with Gasteiger partial charge in [-0.3, -0.25) is 0 Å². The van der Waals surface area contributed by atoms with Crippen LogP contribution in [0.5, 0.6) is 5.75 Å². The normalized spacial score (nSPS) is 15.7. The molecule has 0 aliphatic carbocycles. The van der Waals surface area contributed by atoms with E-state index in [1.54, 1.807) is 0 Å². The van der Waals surface area contributed by atoms with Crippen molar-refractivity contribution in [3.8, 4) is 5.75 Å². The van der Waals surface area contributed by atoms with Crippen molar-refractivity contribution in [2.45, 2.75) is 4.90 Å². The molecule has 0 aromatic heterocycles. The van der Waals surface area contributed by atoms with Crippen molar-refractivity contribution in [3.63, 3.8) is 0 Å². The average molecular weight is 268 g/mol. The summed E-state index contributed by atoms with van der Waals surface area (Å²) in [5.74, 6) is 0.0863. The zero-order valence-corrected chi connectivity index (χ0v) is 10.3. The van der Waals surface area contributed by atoms with E-state index in [2.05, 4.69) is 16.8 Å². The first kappa shape index (κ1) is 12.6. The second kappa shape index (κ2) is 4.17. The lowest BCUT2D eigenvalue weighted by Gasteiger charge is -2.07. The monoisotopic (exact) mass is 268 g/mol. The summed E-state index contributed by atoms with van der Waals surface area (Å²) >= 11 is 3.32. The Morgan fingerprint density at radius 1 is 1.33 bits per heavy atom. The van der Waals surface area contributed by atoms with Gasteiger partial charge in [0.25, 0.3) is 0 Å². The molecule has 8 heteroatoms. The van der Waals surface area contributed by atoms with Gasteiger partial charge in [-0.1, -0.05) is 0 Å². The highest BCUT2D eigenvalue weighted by atomic mass is 32.7. The van der Waals surface area contributed by atoms with Gasteiger partial charge in [-0.05, 0) is 36.5 Å². The molecule has 0 aliphatic rings. The number of hydrogen-bond donors (Lipinski definition) is 2. The third-order valence-electron chi connectivity index (χ3n) is 1.48. The van der Waals surface area contributed by atoms with E-state index in [9.17, 15) is 13.0 Å². The van der Waals surface area contributed by atoms with Gasteiger partial charge in [0, 0.05) is 6.26 Å². The van der Waals surface area contributed by atoms with E-state index in [4.69, 9.17) is 4.89 Å². The average Bonchev–Trinajstić information content (AvgIpc) is 2.00. The lowest BCUT2D eigenvalue weighted by atomic mass is 10.3. The highest BCUT2D eigenvalue weighted by molar-refractivity contribution is 8.44. The molecule has 0 radical (unpaired) electrons. The quantitative estimate of drug-likeness (QED) is 0.641. The molecule has 5 nitrogen and oxygen atoms in total. The van der Waals surface area contributed by atoms with E-state index < -0.39 is 16.6 Å². The zero-order valence-electron chi connectivity index (χ0n) is 7.69. The Bertz CT molecular complexity index is 487. The smallest absolute Gasteiger partial charge is 0.417 e. The van der Waals surface area contributed by atoms with E-state index in [1.165, 1.54) is 24.3 Å². The minimum Gasteiger partial charge on any atom is -0.417 e. The van der Waals surface area contributed by atoms with Crippen LogP contribution in [0.3, 0.4) is 0 Å². The molecule has 1 aromatic rings. The Morgan fingerprint density at radius 3 is 2.13 bits per heavy atom. The van der Waals surface area contributed by atoms with Crippen molar-refractivity contribution in [1.82, 2.24) is 0 Å². The second-order valence-corrected chi connectivity index (χ2v) is 7.52. The largest absolute Gasteiger partial charge is 0.434 e. The molecule has 0 aliphatic heterocycles.